The molecule has 4 heteroatoms. The fourth-order valence-corrected chi connectivity index (χ4v) is 2.81. The van der Waals surface area contributed by atoms with E-state index in [1.165, 1.54) is 6.07 Å². The van der Waals surface area contributed by atoms with Crippen LogP contribution in [0.15, 0.2) is 24.8 Å². The van der Waals surface area contributed by atoms with E-state index in [0.717, 1.165) is 36.9 Å². The van der Waals surface area contributed by atoms with Crippen LogP contribution in [0.3, 0.4) is 0 Å². The van der Waals surface area contributed by atoms with Crippen molar-refractivity contribution < 1.29 is 14.9 Å². The minimum absolute atomic E-state index is 0.00557. The Balaban J connectivity index is 2.20. The second kappa shape index (κ2) is 7.48. The van der Waals surface area contributed by atoms with Crippen molar-refractivity contribution in [3.05, 3.63) is 35.9 Å². The number of rotatable bonds is 7. The highest BCUT2D eigenvalue weighted by Gasteiger charge is 2.29. The average molecular weight is 291 g/mol. The molecule has 2 unspecified atom stereocenters. The zero-order valence-corrected chi connectivity index (χ0v) is 12.6. The maximum Gasteiger partial charge on any atom is 0.161 e. The van der Waals surface area contributed by atoms with Crippen LogP contribution in [-0.2, 0) is 11.2 Å². The van der Waals surface area contributed by atoms with Crippen LogP contribution in [0.4, 0.5) is 0 Å². The van der Waals surface area contributed by atoms with E-state index in [1.54, 1.807) is 0 Å². The largest absolute Gasteiger partial charge is 0.504 e. The van der Waals surface area contributed by atoms with Crippen LogP contribution in [0.5, 0.6) is 11.5 Å². The molecule has 1 aliphatic heterocycles. The van der Waals surface area contributed by atoms with Crippen molar-refractivity contribution >= 4 is 0 Å². The molecule has 116 valence electrons. The Labute approximate surface area is 126 Å². The lowest BCUT2D eigenvalue weighted by Crippen LogP contribution is -2.32. The van der Waals surface area contributed by atoms with E-state index in [2.05, 4.69) is 18.8 Å². The van der Waals surface area contributed by atoms with Crippen molar-refractivity contribution in [1.82, 2.24) is 5.32 Å². The lowest BCUT2D eigenvalue weighted by atomic mass is 9.91. The molecule has 0 saturated carbocycles. The molecule has 0 radical (unpaired) electrons. The van der Waals surface area contributed by atoms with Crippen LogP contribution in [0.1, 0.15) is 43.4 Å². The molecule has 21 heavy (non-hydrogen) atoms. The van der Waals surface area contributed by atoms with E-state index >= 15 is 0 Å². The highest BCUT2D eigenvalue weighted by atomic mass is 16.5. The zero-order chi connectivity index (χ0) is 15.2. The average Bonchev–Trinajstić information content (AvgIpc) is 2.49. The summed E-state index contributed by atoms with van der Waals surface area (Å²) in [7, 11) is 0. The Morgan fingerprint density at radius 2 is 2.24 bits per heavy atom. The summed E-state index contributed by atoms with van der Waals surface area (Å²) in [5.74, 6) is -0.0475. The first-order valence-corrected chi connectivity index (χ1v) is 7.68. The molecular formula is C17H25NO3. The van der Waals surface area contributed by atoms with Gasteiger partial charge in [0.1, 0.15) is 0 Å². The van der Waals surface area contributed by atoms with Gasteiger partial charge in [0, 0.05) is 25.1 Å². The van der Waals surface area contributed by atoms with Crippen molar-refractivity contribution in [2.45, 2.75) is 44.8 Å². The minimum atomic E-state index is -0.0953. The van der Waals surface area contributed by atoms with Crippen LogP contribution in [0.2, 0.25) is 0 Å². The van der Waals surface area contributed by atoms with Crippen LogP contribution < -0.4 is 5.32 Å². The van der Waals surface area contributed by atoms with Gasteiger partial charge in [-0.25, -0.2) is 0 Å². The molecule has 0 saturated heterocycles. The topological polar surface area (TPSA) is 61.7 Å². The lowest BCUT2D eigenvalue weighted by molar-refractivity contribution is -0.0297. The summed E-state index contributed by atoms with van der Waals surface area (Å²) < 4.78 is 6.17. The molecule has 1 aliphatic rings. The van der Waals surface area contributed by atoms with Crippen LogP contribution in [0.25, 0.3) is 0 Å². The van der Waals surface area contributed by atoms with Crippen molar-refractivity contribution in [3.8, 4) is 11.5 Å². The normalized spacial score (nSPS) is 21.0. The van der Waals surface area contributed by atoms with Crippen molar-refractivity contribution in [1.29, 1.82) is 0 Å². The number of fused-ring (bicyclic) bond motifs is 1. The predicted octanol–water partition coefficient (Wildman–Crippen LogP) is 3.05. The van der Waals surface area contributed by atoms with Gasteiger partial charge in [-0.15, -0.1) is 6.58 Å². The van der Waals surface area contributed by atoms with Gasteiger partial charge in [-0.3, -0.25) is 0 Å². The second-order valence-corrected chi connectivity index (χ2v) is 5.54. The molecule has 0 bridgehead atoms. The van der Waals surface area contributed by atoms with Crippen LogP contribution >= 0.6 is 0 Å². The van der Waals surface area contributed by atoms with E-state index in [9.17, 15) is 10.2 Å². The minimum Gasteiger partial charge on any atom is -0.504 e. The number of hydrogen-bond acceptors (Lipinski definition) is 4. The molecule has 0 amide bonds. The Kier molecular flexibility index (Phi) is 5.65. The Morgan fingerprint density at radius 3 is 2.95 bits per heavy atom. The second-order valence-electron chi connectivity index (χ2n) is 5.54. The number of nitrogens with one attached hydrogen (secondary N) is 1. The third-order valence-corrected chi connectivity index (χ3v) is 3.93. The molecule has 0 fully saturated rings. The molecular weight excluding hydrogens is 266 g/mol. The first kappa shape index (κ1) is 15.9. The molecule has 2 rings (SSSR count). The number of phenols is 2. The summed E-state index contributed by atoms with van der Waals surface area (Å²) in [5.41, 5.74) is 1.79. The maximum absolute atomic E-state index is 10.1. The molecule has 2 atom stereocenters. The number of ether oxygens (including phenoxy) is 1. The SMILES string of the molecule is C=CCNCC1OC(CCCC)Cc2c1ccc(O)c2O. The zero-order valence-electron chi connectivity index (χ0n) is 12.6. The summed E-state index contributed by atoms with van der Waals surface area (Å²) in [6, 6.07) is 3.38. The van der Waals surface area contributed by atoms with Gasteiger partial charge in [-0.2, -0.15) is 0 Å². The lowest BCUT2D eigenvalue weighted by Gasteiger charge is -2.33. The highest BCUT2D eigenvalue weighted by Crippen LogP contribution is 2.40. The first-order chi connectivity index (χ1) is 10.2. The van der Waals surface area contributed by atoms with Gasteiger partial charge < -0.3 is 20.3 Å². The number of unbranched alkanes of at least 4 members (excludes halogenated alkanes) is 1. The van der Waals surface area contributed by atoms with E-state index in [4.69, 9.17) is 4.74 Å². The fourth-order valence-electron chi connectivity index (χ4n) is 2.81. The van der Waals surface area contributed by atoms with Gasteiger partial charge in [0.2, 0.25) is 0 Å². The number of phenolic OH excluding ortho intramolecular Hbond substituents is 2. The molecule has 4 nitrogen and oxygen atoms in total. The summed E-state index contributed by atoms with van der Waals surface area (Å²) >= 11 is 0. The van der Waals surface area contributed by atoms with E-state index < -0.39 is 0 Å². The van der Waals surface area contributed by atoms with Crippen molar-refractivity contribution in [3.63, 3.8) is 0 Å². The van der Waals surface area contributed by atoms with E-state index in [-0.39, 0.29) is 23.7 Å². The number of hydrogen-bond donors (Lipinski definition) is 3. The summed E-state index contributed by atoms with van der Waals surface area (Å²) in [6.45, 7) is 7.24. The van der Waals surface area contributed by atoms with Gasteiger partial charge in [-0.05, 0) is 18.1 Å². The van der Waals surface area contributed by atoms with Gasteiger partial charge in [0.15, 0.2) is 11.5 Å². The van der Waals surface area contributed by atoms with Crippen LogP contribution in [-0.4, -0.2) is 29.4 Å². The third kappa shape index (κ3) is 3.77. The molecule has 3 N–H and O–H groups in total. The summed E-state index contributed by atoms with van der Waals surface area (Å²) in [6.07, 6.45) is 5.68. The van der Waals surface area contributed by atoms with Crippen LogP contribution in [0, 0.1) is 0 Å². The molecule has 1 aromatic carbocycles. The van der Waals surface area contributed by atoms with E-state index in [1.807, 2.05) is 12.1 Å². The smallest absolute Gasteiger partial charge is 0.161 e. The Morgan fingerprint density at radius 1 is 1.43 bits per heavy atom. The van der Waals surface area contributed by atoms with Gasteiger partial charge in [-0.1, -0.05) is 31.9 Å². The Bertz CT molecular complexity index is 487. The summed E-state index contributed by atoms with van der Waals surface area (Å²) in [4.78, 5) is 0. The Hall–Kier alpha value is -1.52. The summed E-state index contributed by atoms with van der Waals surface area (Å²) in [5, 5.41) is 23.1. The number of benzene rings is 1. The highest BCUT2D eigenvalue weighted by molar-refractivity contribution is 5.51. The monoisotopic (exact) mass is 291 g/mol. The first-order valence-electron chi connectivity index (χ1n) is 7.68. The molecule has 0 spiro atoms. The fraction of sp³-hybridized carbons (Fsp3) is 0.529. The van der Waals surface area contributed by atoms with Crippen molar-refractivity contribution in [2.75, 3.05) is 13.1 Å². The van der Waals surface area contributed by atoms with Crippen molar-refractivity contribution in [2.24, 2.45) is 0 Å². The quantitative estimate of drug-likeness (QED) is 0.410. The molecule has 0 aliphatic carbocycles. The third-order valence-electron chi connectivity index (χ3n) is 3.93. The molecule has 0 aromatic heterocycles. The number of aromatic hydroxyl groups is 2. The van der Waals surface area contributed by atoms with Gasteiger partial charge in [0.25, 0.3) is 0 Å². The van der Waals surface area contributed by atoms with Gasteiger partial charge in [0.05, 0.1) is 12.2 Å². The molecule has 1 heterocycles. The van der Waals surface area contributed by atoms with Gasteiger partial charge >= 0.3 is 0 Å². The predicted molar refractivity (Wildman–Crippen MR) is 83.7 cm³/mol. The van der Waals surface area contributed by atoms with E-state index in [0.29, 0.717) is 13.0 Å². The maximum atomic E-state index is 10.1. The standard InChI is InChI=1S/C17H25NO3/c1-3-5-6-12-10-14-13(7-8-15(19)17(14)20)16(21-12)11-18-9-4-2/h4,7-8,12,16,18-20H,2-3,5-6,9-11H2,1H3. The molecule has 1 aromatic rings.